The first kappa shape index (κ1) is 103. The average molecular weight is 1550 g/mol. The zero-order valence-corrected chi connectivity index (χ0v) is 69.5. The van der Waals surface area contributed by atoms with Crippen molar-refractivity contribution in [2.24, 2.45) is 0 Å². The lowest BCUT2D eigenvalue weighted by atomic mass is 10.1. The molecule has 0 saturated heterocycles. The van der Waals surface area contributed by atoms with Crippen molar-refractivity contribution < 1.29 is 80.2 Å². The van der Waals surface area contributed by atoms with Crippen molar-refractivity contribution in [2.75, 3.05) is 39.6 Å². The van der Waals surface area contributed by atoms with Crippen LogP contribution in [0.4, 0.5) is 0 Å². The Morgan fingerprint density at radius 1 is 0.269 bits per heavy atom. The summed E-state index contributed by atoms with van der Waals surface area (Å²) in [5.74, 6) is -2.32. The first-order valence-electron chi connectivity index (χ1n) is 42.1. The van der Waals surface area contributed by atoms with Crippen molar-refractivity contribution in [3.05, 3.63) is 146 Å². The van der Waals surface area contributed by atoms with Gasteiger partial charge in [0, 0.05) is 25.7 Å². The molecule has 5 atom stereocenters. The molecule has 0 saturated carbocycles. The highest BCUT2D eigenvalue weighted by molar-refractivity contribution is 7.47. The Bertz CT molecular complexity index is 2610. The van der Waals surface area contributed by atoms with Gasteiger partial charge in [-0.25, -0.2) is 9.13 Å². The van der Waals surface area contributed by atoms with Gasteiger partial charge >= 0.3 is 39.5 Å². The van der Waals surface area contributed by atoms with Gasteiger partial charge in [0.25, 0.3) is 0 Å². The molecule has 19 heteroatoms. The molecule has 3 N–H and O–H groups in total. The number of carbonyl (C=O) groups excluding carboxylic acids is 4. The van der Waals surface area contributed by atoms with E-state index in [1.54, 1.807) is 0 Å². The maximum Gasteiger partial charge on any atom is 0.472 e. The van der Waals surface area contributed by atoms with Crippen molar-refractivity contribution in [1.29, 1.82) is 0 Å². The lowest BCUT2D eigenvalue weighted by Crippen LogP contribution is -2.30. The van der Waals surface area contributed by atoms with Crippen LogP contribution in [0.25, 0.3) is 0 Å². The number of phosphoric acid groups is 2. The summed E-state index contributed by atoms with van der Waals surface area (Å²) in [6.45, 7) is 4.60. The van der Waals surface area contributed by atoms with Crippen LogP contribution in [0.3, 0.4) is 0 Å². The van der Waals surface area contributed by atoms with Crippen LogP contribution in [0.1, 0.15) is 336 Å². The van der Waals surface area contributed by atoms with Gasteiger partial charge in [0.1, 0.15) is 19.3 Å². The fourth-order valence-corrected chi connectivity index (χ4v) is 12.4. The fraction of sp³-hybridized carbons (Fsp3) is 0.685. The van der Waals surface area contributed by atoms with Gasteiger partial charge in [0.2, 0.25) is 0 Å². The van der Waals surface area contributed by atoms with Gasteiger partial charge in [0.05, 0.1) is 26.4 Å². The molecule has 108 heavy (non-hydrogen) atoms. The summed E-state index contributed by atoms with van der Waals surface area (Å²) >= 11 is 0. The molecule has 2 unspecified atom stereocenters. The lowest BCUT2D eigenvalue weighted by molar-refractivity contribution is -0.161. The van der Waals surface area contributed by atoms with Gasteiger partial charge in [-0.3, -0.25) is 37.3 Å². The molecule has 0 aliphatic carbocycles. The second-order valence-electron chi connectivity index (χ2n) is 27.7. The zero-order valence-electron chi connectivity index (χ0n) is 67.7. The van der Waals surface area contributed by atoms with Crippen molar-refractivity contribution in [1.82, 2.24) is 0 Å². The number of aliphatic hydroxyl groups is 1. The van der Waals surface area contributed by atoms with E-state index in [1.807, 2.05) is 18.2 Å². The van der Waals surface area contributed by atoms with Crippen molar-refractivity contribution >= 4 is 39.5 Å². The topological polar surface area (TPSA) is 237 Å². The van der Waals surface area contributed by atoms with Gasteiger partial charge in [-0.15, -0.1) is 0 Å². The predicted octanol–water partition coefficient (Wildman–Crippen LogP) is 25.0. The smallest absolute Gasteiger partial charge is 0.462 e. The molecule has 0 heterocycles. The van der Waals surface area contributed by atoms with Crippen LogP contribution < -0.4 is 0 Å². The Labute approximate surface area is 656 Å². The molecule has 618 valence electrons. The van der Waals surface area contributed by atoms with Crippen LogP contribution in [-0.4, -0.2) is 96.7 Å². The highest BCUT2D eigenvalue weighted by Crippen LogP contribution is 2.45. The third-order valence-electron chi connectivity index (χ3n) is 17.3. The highest BCUT2D eigenvalue weighted by atomic mass is 31.2. The summed E-state index contributed by atoms with van der Waals surface area (Å²) in [5.41, 5.74) is 0. The largest absolute Gasteiger partial charge is 0.472 e. The first-order valence-corrected chi connectivity index (χ1v) is 45.1. The quantitative estimate of drug-likeness (QED) is 0.0169. The molecule has 0 aliphatic heterocycles. The molecule has 0 aliphatic rings. The third-order valence-corrected chi connectivity index (χ3v) is 19.2. The van der Waals surface area contributed by atoms with Gasteiger partial charge in [-0.05, 0) is 161 Å². The van der Waals surface area contributed by atoms with E-state index in [0.717, 1.165) is 167 Å². The van der Waals surface area contributed by atoms with Crippen molar-refractivity contribution in [3.8, 4) is 0 Å². The summed E-state index contributed by atoms with van der Waals surface area (Å²) in [6, 6.07) is 0. The Kier molecular flexibility index (Phi) is 76.3. The van der Waals surface area contributed by atoms with E-state index in [0.29, 0.717) is 32.1 Å². The number of allylic oxidation sites excluding steroid dienone is 24. The van der Waals surface area contributed by atoms with Crippen LogP contribution in [0.5, 0.6) is 0 Å². The van der Waals surface area contributed by atoms with Gasteiger partial charge in [0.15, 0.2) is 12.2 Å². The van der Waals surface area contributed by atoms with Crippen LogP contribution in [0.2, 0.25) is 0 Å². The molecule has 0 bridgehead atoms. The summed E-state index contributed by atoms with van der Waals surface area (Å²) in [5, 5.41) is 10.7. The predicted molar refractivity (Wildman–Crippen MR) is 445 cm³/mol. The number of hydrogen-bond donors (Lipinski definition) is 3. The molecule has 0 rings (SSSR count). The van der Waals surface area contributed by atoms with E-state index in [2.05, 4.69) is 155 Å². The average Bonchev–Trinajstić information content (AvgIpc) is 0.914. The minimum Gasteiger partial charge on any atom is -0.462 e. The maximum atomic E-state index is 13.1. The number of hydrogen-bond acceptors (Lipinski definition) is 15. The highest BCUT2D eigenvalue weighted by Gasteiger charge is 2.30. The molecule has 0 radical (unpaired) electrons. The first-order chi connectivity index (χ1) is 52.7. The second kappa shape index (κ2) is 80.0. The molecule has 17 nitrogen and oxygen atoms in total. The summed E-state index contributed by atoms with van der Waals surface area (Å²) in [6.07, 6.45) is 92.6. The lowest BCUT2D eigenvalue weighted by Gasteiger charge is -2.21. The normalized spacial score (nSPS) is 14.5. The molecule has 0 spiro atoms. The van der Waals surface area contributed by atoms with E-state index in [9.17, 15) is 43.2 Å². The SMILES string of the molecule is CC/C=C\C/C=C\C/C=C\C/C=C\C/C=C\CCCCCC(=O)OC[C@H](COP(=O)(O)OC[C@@H](O)COP(=O)(O)OC[C@@H](COC(=O)CCCCCCC/C=C\CCCCCCCC)OC(=O)CC/C=C\C/C=C\C/C=C\C/C=C\C/C=C\CCCCC)OC(=O)CCCCCCCCC/C=C\CCCCCC. The minimum absolute atomic E-state index is 0.0334. The van der Waals surface area contributed by atoms with E-state index < -0.39 is 97.5 Å². The van der Waals surface area contributed by atoms with Crippen LogP contribution >= 0.6 is 15.6 Å². The second-order valence-corrected chi connectivity index (χ2v) is 30.6. The van der Waals surface area contributed by atoms with Gasteiger partial charge in [-0.2, -0.15) is 0 Å². The Balaban J connectivity index is 5.48. The third kappa shape index (κ3) is 79.0. The van der Waals surface area contributed by atoms with E-state index in [1.165, 1.54) is 83.5 Å². The number of ether oxygens (including phenoxy) is 4. The van der Waals surface area contributed by atoms with Crippen LogP contribution in [0.15, 0.2) is 146 Å². The molecular formula is C89H150O17P2. The molecule has 0 fully saturated rings. The van der Waals surface area contributed by atoms with E-state index in [4.69, 9.17) is 37.0 Å². The zero-order chi connectivity index (χ0) is 78.9. The van der Waals surface area contributed by atoms with Gasteiger partial charge in [-0.1, -0.05) is 296 Å². The molecule has 0 aromatic rings. The number of aliphatic hydroxyl groups excluding tert-OH is 1. The Morgan fingerprint density at radius 2 is 0.500 bits per heavy atom. The van der Waals surface area contributed by atoms with Gasteiger partial charge < -0.3 is 33.8 Å². The number of carbonyl (C=O) groups is 4. The monoisotopic (exact) mass is 1550 g/mol. The van der Waals surface area contributed by atoms with Crippen molar-refractivity contribution in [3.63, 3.8) is 0 Å². The summed E-state index contributed by atoms with van der Waals surface area (Å²) < 4.78 is 68.6. The standard InChI is InChI=1S/C89H150O17P2/c1-5-9-13-17-21-25-29-33-37-39-41-43-47-50-54-58-62-66-70-74-87(92)100-80-84(105-88(93)75-71-67-63-59-55-51-46-36-32-28-24-20-16-12-8-4)81-103-107(95,96)101-77-83(90)78-102-108(97,98)104-82-85(79-99-86(91)73-69-65-61-57-53-49-45-35-31-27-23-19-15-11-7-3)106-89(94)76-72-68-64-60-56-52-48-44-42-40-38-34-30-26-22-18-14-10-6-2/h9,13,21-22,25-26,28,32-35,37-38,41-45,50,52,54,56,64,68,83-85,90H,5-8,10-12,14-20,23-24,27,29-31,36,39-40,46-49,51,53,55,57-63,65-67,69-82H2,1-4H3,(H,95,96)(H,97,98)/b13-9-,25-21-,26-22-,32-28-,37-33-,38-34-,43-41-,44-42-,45-35-,54-50-,56-52-,68-64-/t83-,84-,85-/m1/s1. The van der Waals surface area contributed by atoms with E-state index >= 15 is 0 Å². The molecule has 0 amide bonds. The van der Waals surface area contributed by atoms with E-state index in [-0.39, 0.29) is 25.7 Å². The fourth-order valence-electron chi connectivity index (χ4n) is 10.9. The number of unbranched alkanes of at least 4 members (excludes halogenated alkanes) is 28. The van der Waals surface area contributed by atoms with Crippen LogP contribution in [0, 0.1) is 0 Å². The number of rotatable bonds is 78. The molecule has 0 aromatic carbocycles. The Morgan fingerprint density at radius 3 is 0.843 bits per heavy atom. The Hall–Kier alpha value is -5.06. The van der Waals surface area contributed by atoms with Crippen molar-refractivity contribution in [2.45, 2.75) is 354 Å². The molecule has 0 aromatic heterocycles. The summed E-state index contributed by atoms with van der Waals surface area (Å²) in [7, 11) is -10.0. The summed E-state index contributed by atoms with van der Waals surface area (Å²) in [4.78, 5) is 73.1. The minimum atomic E-state index is -5.01. The van der Waals surface area contributed by atoms with Crippen LogP contribution in [-0.2, 0) is 65.4 Å². The number of phosphoric ester groups is 2. The molecular weight excluding hydrogens is 1400 g/mol. The maximum absolute atomic E-state index is 13.1. The number of esters is 4.